The van der Waals surface area contributed by atoms with E-state index >= 15 is 0 Å². The predicted molar refractivity (Wildman–Crippen MR) is 102 cm³/mol. The smallest absolute Gasteiger partial charge is 0.325 e. The molecule has 0 aliphatic heterocycles. The molecule has 0 saturated heterocycles. The van der Waals surface area contributed by atoms with Gasteiger partial charge in [0.2, 0.25) is 5.91 Å². The minimum atomic E-state index is -0.433. The van der Waals surface area contributed by atoms with Crippen molar-refractivity contribution in [2.24, 2.45) is 20.0 Å². The fraction of sp³-hybridized carbons (Fsp3) is 0.579. The van der Waals surface area contributed by atoms with Gasteiger partial charge < -0.3 is 5.32 Å². The van der Waals surface area contributed by atoms with Gasteiger partial charge in [-0.25, -0.2) is 9.78 Å². The fourth-order valence-electron chi connectivity index (χ4n) is 3.71. The van der Waals surface area contributed by atoms with Crippen molar-refractivity contribution in [2.75, 3.05) is 5.32 Å². The second kappa shape index (κ2) is 7.05. The Kier molecular flexibility index (Phi) is 4.98. The summed E-state index contributed by atoms with van der Waals surface area (Å²) in [5, 5.41) is 3.31. The zero-order valence-electron chi connectivity index (χ0n) is 15.8. The number of aromatic nitrogens is 3. The van der Waals surface area contributed by atoms with Gasteiger partial charge in [-0.05, 0) is 24.3 Å². The predicted octanol–water partition coefficient (Wildman–Crippen LogP) is 2.27. The number of aryl methyl sites for hydroxylation is 1. The van der Waals surface area contributed by atoms with Gasteiger partial charge in [0.1, 0.15) is 5.39 Å². The monoisotopic (exact) mass is 358 g/mol. The number of anilines is 1. The lowest BCUT2D eigenvalue weighted by atomic mass is 9.88. The van der Waals surface area contributed by atoms with Crippen molar-refractivity contribution < 1.29 is 4.79 Å². The normalized spacial score (nSPS) is 15.6. The summed E-state index contributed by atoms with van der Waals surface area (Å²) in [5.41, 5.74) is 0.726. The molecular weight excluding hydrogens is 332 g/mol. The molecule has 0 aromatic carbocycles. The molecule has 1 saturated carbocycles. The Bertz CT molecular complexity index is 965. The molecule has 7 heteroatoms. The van der Waals surface area contributed by atoms with E-state index in [1.165, 1.54) is 18.0 Å². The molecule has 0 spiro atoms. The number of carbonyl (C=O) groups is 1. The number of hydrogen-bond donors (Lipinski definition) is 1. The fourth-order valence-corrected chi connectivity index (χ4v) is 3.71. The van der Waals surface area contributed by atoms with E-state index in [1.54, 1.807) is 13.2 Å². The third-order valence-electron chi connectivity index (χ3n) is 5.34. The summed E-state index contributed by atoms with van der Waals surface area (Å²) in [4.78, 5) is 42.2. The van der Waals surface area contributed by atoms with Crippen LogP contribution in [0.15, 0.2) is 15.8 Å². The topological polar surface area (TPSA) is 86.0 Å². The van der Waals surface area contributed by atoms with Gasteiger partial charge in [-0.3, -0.25) is 18.7 Å². The highest BCUT2D eigenvalue weighted by Gasteiger charge is 2.25. The van der Waals surface area contributed by atoms with Crippen LogP contribution in [0, 0.1) is 5.92 Å². The molecule has 0 unspecified atom stereocenters. The lowest BCUT2D eigenvalue weighted by Gasteiger charge is -2.23. The van der Waals surface area contributed by atoms with Gasteiger partial charge in [0.25, 0.3) is 5.56 Å². The first-order chi connectivity index (χ1) is 12.3. The summed E-state index contributed by atoms with van der Waals surface area (Å²) in [6, 6.07) is 0. The van der Waals surface area contributed by atoms with E-state index in [9.17, 15) is 14.4 Å². The van der Waals surface area contributed by atoms with Gasteiger partial charge in [-0.1, -0.05) is 33.1 Å². The van der Waals surface area contributed by atoms with Crippen LogP contribution in [-0.2, 0) is 18.9 Å². The second-order valence-electron chi connectivity index (χ2n) is 7.47. The van der Waals surface area contributed by atoms with Gasteiger partial charge in [-0.2, -0.15) is 0 Å². The van der Waals surface area contributed by atoms with Crippen LogP contribution in [0.3, 0.4) is 0 Å². The first kappa shape index (κ1) is 18.4. The average molecular weight is 358 g/mol. The molecule has 2 aromatic heterocycles. The quantitative estimate of drug-likeness (QED) is 0.912. The van der Waals surface area contributed by atoms with Crippen LogP contribution in [0.4, 0.5) is 5.69 Å². The van der Waals surface area contributed by atoms with Crippen molar-refractivity contribution in [3.05, 3.63) is 32.6 Å². The number of pyridine rings is 1. The van der Waals surface area contributed by atoms with E-state index in [-0.39, 0.29) is 17.7 Å². The Morgan fingerprint density at radius 1 is 1.15 bits per heavy atom. The zero-order chi connectivity index (χ0) is 19.0. The summed E-state index contributed by atoms with van der Waals surface area (Å²) in [7, 11) is 3.03. The number of fused-ring (bicyclic) bond motifs is 1. The third-order valence-corrected chi connectivity index (χ3v) is 5.34. The Balaban J connectivity index is 2.20. The molecule has 0 bridgehead atoms. The average Bonchev–Trinajstić information content (AvgIpc) is 2.64. The first-order valence-corrected chi connectivity index (χ1v) is 9.22. The maximum Gasteiger partial charge on any atom is 0.332 e. The number of nitrogens with one attached hydrogen (secondary N) is 1. The summed E-state index contributed by atoms with van der Waals surface area (Å²) in [6.45, 7) is 3.98. The van der Waals surface area contributed by atoms with Crippen molar-refractivity contribution in [1.29, 1.82) is 0 Å². The van der Waals surface area contributed by atoms with Crippen LogP contribution in [0.5, 0.6) is 0 Å². The van der Waals surface area contributed by atoms with Crippen molar-refractivity contribution in [1.82, 2.24) is 14.1 Å². The van der Waals surface area contributed by atoms with E-state index in [4.69, 9.17) is 0 Å². The van der Waals surface area contributed by atoms with Gasteiger partial charge in [0.05, 0.1) is 5.69 Å². The molecule has 1 fully saturated rings. The summed E-state index contributed by atoms with van der Waals surface area (Å²) >= 11 is 0. The van der Waals surface area contributed by atoms with Crippen LogP contribution in [0.25, 0.3) is 11.0 Å². The highest BCUT2D eigenvalue weighted by molar-refractivity contribution is 6.02. The molecule has 2 heterocycles. The Morgan fingerprint density at radius 2 is 1.81 bits per heavy atom. The third kappa shape index (κ3) is 3.06. The molecule has 0 radical (unpaired) electrons. The molecular formula is C19H26N4O3. The Labute approximate surface area is 152 Å². The molecule has 1 aliphatic rings. The van der Waals surface area contributed by atoms with Crippen LogP contribution < -0.4 is 16.6 Å². The summed E-state index contributed by atoms with van der Waals surface area (Å²) < 4.78 is 2.40. The molecule has 26 heavy (non-hydrogen) atoms. The summed E-state index contributed by atoms with van der Waals surface area (Å²) in [5.74, 6) is 0.00821. The van der Waals surface area contributed by atoms with E-state index in [2.05, 4.69) is 10.3 Å². The lowest BCUT2D eigenvalue weighted by molar-refractivity contribution is -0.120. The van der Waals surface area contributed by atoms with Crippen molar-refractivity contribution in [3.8, 4) is 0 Å². The number of rotatable bonds is 3. The van der Waals surface area contributed by atoms with Crippen molar-refractivity contribution in [3.63, 3.8) is 0 Å². The van der Waals surface area contributed by atoms with Crippen molar-refractivity contribution >= 4 is 22.6 Å². The number of carbonyl (C=O) groups excluding carboxylic acids is 1. The molecule has 1 amide bonds. The molecule has 0 atom stereocenters. The first-order valence-electron chi connectivity index (χ1n) is 9.22. The molecule has 1 aliphatic carbocycles. The van der Waals surface area contributed by atoms with E-state index in [1.807, 2.05) is 13.8 Å². The Morgan fingerprint density at radius 3 is 2.42 bits per heavy atom. The van der Waals surface area contributed by atoms with Gasteiger partial charge in [0.15, 0.2) is 5.65 Å². The standard InChI is InChI=1S/C19H26N4O3/c1-11(2)13-10-20-16-14(18(25)23(4)19(26)22(16)3)15(13)21-17(24)12-8-6-5-7-9-12/h10-12H,5-9H2,1-4H3,(H,20,21,24). The van der Waals surface area contributed by atoms with E-state index < -0.39 is 11.2 Å². The summed E-state index contributed by atoms with van der Waals surface area (Å²) in [6.07, 6.45) is 6.69. The van der Waals surface area contributed by atoms with Gasteiger partial charge in [-0.15, -0.1) is 0 Å². The zero-order valence-corrected chi connectivity index (χ0v) is 15.8. The highest BCUT2D eigenvalue weighted by atomic mass is 16.2. The van der Waals surface area contributed by atoms with Gasteiger partial charge >= 0.3 is 5.69 Å². The largest absolute Gasteiger partial charge is 0.332 e. The minimum Gasteiger partial charge on any atom is -0.325 e. The van der Waals surface area contributed by atoms with Crippen LogP contribution in [0.2, 0.25) is 0 Å². The van der Waals surface area contributed by atoms with Crippen LogP contribution >= 0.6 is 0 Å². The molecule has 7 nitrogen and oxygen atoms in total. The number of nitrogens with zero attached hydrogens (tertiary/aromatic N) is 3. The highest BCUT2D eigenvalue weighted by Crippen LogP contribution is 2.31. The molecule has 140 valence electrons. The van der Waals surface area contributed by atoms with E-state index in [0.29, 0.717) is 16.7 Å². The number of hydrogen-bond acceptors (Lipinski definition) is 4. The second-order valence-corrected chi connectivity index (χ2v) is 7.47. The SMILES string of the molecule is CC(C)c1cnc2c(c1NC(=O)C1CCCCC1)c(=O)n(C)c(=O)n2C. The maximum absolute atomic E-state index is 12.8. The van der Waals surface area contributed by atoms with E-state index in [0.717, 1.165) is 35.8 Å². The number of amides is 1. The Hall–Kier alpha value is -2.44. The van der Waals surface area contributed by atoms with Crippen LogP contribution in [-0.4, -0.2) is 20.0 Å². The van der Waals surface area contributed by atoms with Crippen molar-refractivity contribution in [2.45, 2.75) is 51.9 Å². The molecule has 2 aromatic rings. The maximum atomic E-state index is 12.8. The molecule has 3 rings (SSSR count). The van der Waals surface area contributed by atoms with Crippen LogP contribution in [0.1, 0.15) is 57.4 Å². The minimum absolute atomic E-state index is 0.0247. The van der Waals surface area contributed by atoms with Gasteiger partial charge in [0, 0.05) is 26.2 Å². The molecule has 1 N–H and O–H groups in total. The lowest BCUT2D eigenvalue weighted by Crippen LogP contribution is -2.38.